The first kappa shape index (κ1) is 18.3. The Morgan fingerprint density at radius 2 is 1.79 bits per heavy atom. The van der Waals surface area contributed by atoms with Crippen LogP contribution in [0.5, 0.6) is 0 Å². The zero-order valence-electron chi connectivity index (χ0n) is 15.8. The third kappa shape index (κ3) is 3.81. The van der Waals surface area contributed by atoms with Gasteiger partial charge in [-0.1, -0.05) is 42.0 Å². The van der Waals surface area contributed by atoms with Crippen molar-refractivity contribution in [2.45, 2.75) is 13.8 Å². The summed E-state index contributed by atoms with van der Waals surface area (Å²) in [6, 6.07) is 16.4. The van der Waals surface area contributed by atoms with Crippen LogP contribution in [0.2, 0.25) is 0 Å². The van der Waals surface area contributed by atoms with E-state index in [-0.39, 0.29) is 11.5 Å². The van der Waals surface area contributed by atoms with E-state index < -0.39 is 11.3 Å². The van der Waals surface area contributed by atoms with E-state index in [4.69, 9.17) is 4.63 Å². The molecule has 1 amide bonds. The van der Waals surface area contributed by atoms with Crippen molar-refractivity contribution in [1.29, 1.82) is 0 Å². The summed E-state index contributed by atoms with van der Waals surface area (Å²) < 4.78 is 6.26. The number of hydrogen-bond acceptors (Lipinski definition) is 6. The highest BCUT2D eigenvalue weighted by Crippen LogP contribution is 2.24. The lowest BCUT2D eigenvalue weighted by molar-refractivity contribution is 0.101. The molecule has 4 rings (SSSR count). The smallest absolute Gasteiger partial charge is 0.281 e. The molecule has 2 heterocycles. The molecular weight excluding hydrogens is 370 g/mol. The number of rotatable bonds is 4. The van der Waals surface area contributed by atoms with Gasteiger partial charge in [-0.05, 0) is 41.9 Å². The number of nitrogens with zero attached hydrogens (tertiary/aromatic N) is 4. The first-order chi connectivity index (χ1) is 14.0. The van der Waals surface area contributed by atoms with Crippen LogP contribution in [-0.2, 0) is 0 Å². The number of aromatic nitrogens is 4. The van der Waals surface area contributed by atoms with E-state index in [0.717, 1.165) is 22.4 Å². The minimum atomic E-state index is -0.693. The predicted octanol–water partition coefficient (Wildman–Crippen LogP) is 3.15. The number of carbonyl (C=O) groups is 1. The number of anilines is 1. The van der Waals surface area contributed by atoms with Gasteiger partial charge in [-0.2, -0.15) is 5.10 Å². The van der Waals surface area contributed by atoms with Gasteiger partial charge >= 0.3 is 0 Å². The van der Waals surface area contributed by atoms with Crippen LogP contribution in [0.15, 0.2) is 70.2 Å². The topological polar surface area (TPSA) is 103 Å². The van der Waals surface area contributed by atoms with E-state index in [9.17, 15) is 9.59 Å². The zero-order valence-corrected chi connectivity index (χ0v) is 15.8. The van der Waals surface area contributed by atoms with Gasteiger partial charge in [-0.25, -0.2) is 9.31 Å². The van der Waals surface area contributed by atoms with Gasteiger partial charge in [0.25, 0.3) is 5.91 Å². The molecule has 0 bridgehead atoms. The van der Waals surface area contributed by atoms with Crippen LogP contribution in [0.3, 0.4) is 0 Å². The minimum absolute atomic E-state index is 0.117. The zero-order chi connectivity index (χ0) is 20.4. The quantitative estimate of drug-likeness (QED) is 0.577. The largest absolute Gasteiger partial charge is 0.300 e. The second-order valence-corrected chi connectivity index (χ2v) is 6.59. The second-order valence-electron chi connectivity index (χ2n) is 6.59. The van der Waals surface area contributed by atoms with E-state index in [2.05, 4.69) is 20.7 Å². The number of amides is 1. The summed E-state index contributed by atoms with van der Waals surface area (Å²) in [5.41, 5.74) is 3.19. The molecule has 8 heteroatoms. The van der Waals surface area contributed by atoms with Crippen molar-refractivity contribution in [3.8, 4) is 16.9 Å². The molecule has 2 aromatic carbocycles. The number of nitrogens with one attached hydrogen (secondary N) is 1. The Bertz CT molecular complexity index is 1240. The van der Waals surface area contributed by atoms with Crippen LogP contribution in [0, 0.1) is 13.8 Å². The van der Waals surface area contributed by atoms with E-state index in [1.165, 1.54) is 16.9 Å². The van der Waals surface area contributed by atoms with Gasteiger partial charge < -0.3 is 5.32 Å². The Morgan fingerprint density at radius 1 is 1.00 bits per heavy atom. The summed E-state index contributed by atoms with van der Waals surface area (Å²) in [6.07, 6.45) is 1.52. The maximum atomic E-state index is 12.7. The molecule has 0 saturated heterocycles. The minimum Gasteiger partial charge on any atom is -0.300 e. The van der Waals surface area contributed by atoms with Gasteiger partial charge in [0.1, 0.15) is 0 Å². The summed E-state index contributed by atoms with van der Waals surface area (Å²) in [5, 5.41) is 14.4. The fraction of sp³-hybridized carbons (Fsp3) is 0.0952. The number of carbonyl (C=O) groups excluding carboxylic acids is 1. The molecule has 0 aliphatic heterocycles. The molecule has 0 spiro atoms. The molecule has 0 unspecified atom stereocenters. The SMILES string of the molecule is Cc1ccc(-c2nonc2NC(=O)c2nn(-c3cccc(C)c3)ccc2=O)cc1. The Morgan fingerprint density at radius 3 is 2.55 bits per heavy atom. The molecule has 4 aromatic rings. The summed E-state index contributed by atoms with van der Waals surface area (Å²) in [6.45, 7) is 3.91. The maximum absolute atomic E-state index is 12.7. The van der Waals surface area contributed by atoms with Crippen molar-refractivity contribution in [1.82, 2.24) is 20.1 Å². The van der Waals surface area contributed by atoms with Crippen LogP contribution in [0.1, 0.15) is 21.6 Å². The Hall–Kier alpha value is -4.07. The third-order valence-electron chi connectivity index (χ3n) is 4.33. The van der Waals surface area contributed by atoms with Crippen molar-refractivity contribution in [3.63, 3.8) is 0 Å². The molecule has 29 heavy (non-hydrogen) atoms. The Labute approximate surface area is 165 Å². The molecule has 1 N–H and O–H groups in total. The summed E-state index contributed by atoms with van der Waals surface area (Å²) >= 11 is 0. The molecular formula is C21H17N5O3. The first-order valence-corrected chi connectivity index (χ1v) is 8.89. The average molecular weight is 387 g/mol. The average Bonchev–Trinajstić information content (AvgIpc) is 3.17. The highest BCUT2D eigenvalue weighted by molar-refractivity contribution is 6.03. The van der Waals surface area contributed by atoms with E-state index in [0.29, 0.717) is 5.69 Å². The van der Waals surface area contributed by atoms with Gasteiger partial charge in [-0.15, -0.1) is 0 Å². The van der Waals surface area contributed by atoms with Crippen molar-refractivity contribution in [3.05, 3.63) is 87.8 Å². The van der Waals surface area contributed by atoms with Gasteiger partial charge in [0, 0.05) is 17.8 Å². The van der Waals surface area contributed by atoms with Crippen molar-refractivity contribution >= 4 is 11.7 Å². The van der Waals surface area contributed by atoms with Crippen LogP contribution in [0.25, 0.3) is 16.9 Å². The van der Waals surface area contributed by atoms with Gasteiger partial charge in [-0.3, -0.25) is 9.59 Å². The molecule has 0 radical (unpaired) electrons. The second kappa shape index (κ2) is 7.51. The highest BCUT2D eigenvalue weighted by Gasteiger charge is 2.19. The number of aryl methyl sites for hydroxylation is 2. The summed E-state index contributed by atoms with van der Waals surface area (Å²) in [4.78, 5) is 25.0. The molecule has 0 saturated carbocycles. The summed E-state index contributed by atoms with van der Waals surface area (Å²) in [5.74, 6) is -0.577. The van der Waals surface area contributed by atoms with Crippen LogP contribution in [-0.4, -0.2) is 26.0 Å². The maximum Gasteiger partial charge on any atom is 0.281 e. The fourth-order valence-electron chi connectivity index (χ4n) is 2.82. The molecule has 0 atom stereocenters. The van der Waals surface area contributed by atoms with Crippen LogP contribution < -0.4 is 10.7 Å². The van der Waals surface area contributed by atoms with Crippen LogP contribution >= 0.6 is 0 Å². The number of benzene rings is 2. The van der Waals surface area contributed by atoms with Gasteiger partial charge in [0.05, 0.1) is 5.69 Å². The Balaban J connectivity index is 1.65. The lowest BCUT2D eigenvalue weighted by atomic mass is 10.1. The molecule has 8 nitrogen and oxygen atoms in total. The van der Waals surface area contributed by atoms with E-state index in [1.807, 2.05) is 62.4 Å². The van der Waals surface area contributed by atoms with E-state index in [1.54, 1.807) is 0 Å². The van der Waals surface area contributed by atoms with Crippen molar-refractivity contribution in [2.75, 3.05) is 5.32 Å². The standard InChI is InChI=1S/C21H17N5O3/c1-13-6-8-15(9-7-13)18-20(25-29-24-18)22-21(28)19-17(27)10-11-26(23-19)16-5-3-4-14(2)12-16/h3-12H,1-2H3,(H,22,25,28). The molecule has 0 fully saturated rings. The molecule has 0 aliphatic rings. The van der Waals surface area contributed by atoms with E-state index >= 15 is 0 Å². The van der Waals surface area contributed by atoms with Crippen molar-refractivity contribution in [2.24, 2.45) is 0 Å². The molecule has 144 valence electrons. The lowest BCUT2D eigenvalue weighted by Crippen LogP contribution is -2.25. The van der Waals surface area contributed by atoms with Gasteiger partial charge in [0.2, 0.25) is 11.2 Å². The predicted molar refractivity (Wildman–Crippen MR) is 107 cm³/mol. The van der Waals surface area contributed by atoms with Crippen molar-refractivity contribution < 1.29 is 9.42 Å². The van der Waals surface area contributed by atoms with Gasteiger partial charge in [0.15, 0.2) is 11.4 Å². The summed E-state index contributed by atoms with van der Waals surface area (Å²) in [7, 11) is 0. The Kier molecular flexibility index (Phi) is 4.74. The lowest BCUT2D eigenvalue weighted by Gasteiger charge is -2.08. The number of hydrogen-bond donors (Lipinski definition) is 1. The monoisotopic (exact) mass is 387 g/mol. The molecule has 0 aliphatic carbocycles. The fourth-order valence-corrected chi connectivity index (χ4v) is 2.82. The molecule has 2 aromatic heterocycles. The normalized spacial score (nSPS) is 10.7. The first-order valence-electron chi connectivity index (χ1n) is 8.89. The highest BCUT2D eigenvalue weighted by atomic mass is 16.6. The van der Waals surface area contributed by atoms with Crippen LogP contribution in [0.4, 0.5) is 5.82 Å². The third-order valence-corrected chi connectivity index (χ3v) is 4.33.